The van der Waals surface area contributed by atoms with Gasteiger partial charge in [-0.05, 0) is 39.5 Å². The lowest BCUT2D eigenvalue weighted by atomic mass is 10.0. The molecule has 2 atom stereocenters. The molecule has 0 aromatic heterocycles. The van der Waals surface area contributed by atoms with Crippen molar-refractivity contribution in [3.63, 3.8) is 0 Å². The molecule has 1 amide bonds. The standard InChI is InChI=1S/C13H21NO4/c1-5-6-9-7-10(11(15)16)14(8-9)12(17)18-13(2,3)4/h5,9-10H,1,6-8H2,2-4H3,(H,15,16)/t9?,10-/m1/s1. The molecule has 1 aliphatic rings. The van der Waals surface area contributed by atoms with Crippen LogP contribution < -0.4 is 0 Å². The SMILES string of the molecule is C=CCC1C[C@H](C(=O)O)N(C(=O)OC(C)(C)C)C1. The van der Waals surface area contributed by atoms with E-state index < -0.39 is 23.7 Å². The van der Waals surface area contributed by atoms with Crippen LogP contribution in [0.4, 0.5) is 4.79 Å². The van der Waals surface area contributed by atoms with Crippen molar-refractivity contribution in [1.29, 1.82) is 0 Å². The van der Waals surface area contributed by atoms with E-state index in [9.17, 15) is 9.59 Å². The van der Waals surface area contributed by atoms with Gasteiger partial charge in [-0.15, -0.1) is 6.58 Å². The molecule has 0 bridgehead atoms. The number of carboxylic acid groups (broad SMARTS) is 1. The summed E-state index contributed by atoms with van der Waals surface area (Å²) in [5.74, 6) is -0.830. The highest BCUT2D eigenvalue weighted by atomic mass is 16.6. The average Bonchev–Trinajstić information content (AvgIpc) is 2.59. The maximum atomic E-state index is 11.9. The first-order chi connectivity index (χ1) is 8.24. The zero-order valence-corrected chi connectivity index (χ0v) is 11.2. The number of allylic oxidation sites excluding steroid dienone is 1. The molecule has 1 aliphatic heterocycles. The number of rotatable bonds is 3. The molecule has 1 rings (SSSR count). The van der Waals surface area contributed by atoms with E-state index in [1.54, 1.807) is 26.8 Å². The third-order valence-electron chi connectivity index (χ3n) is 2.80. The van der Waals surface area contributed by atoms with Gasteiger partial charge in [0.05, 0.1) is 0 Å². The van der Waals surface area contributed by atoms with E-state index in [1.807, 2.05) is 0 Å². The highest BCUT2D eigenvalue weighted by Crippen LogP contribution is 2.27. The van der Waals surface area contributed by atoms with E-state index in [-0.39, 0.29) is 5.92 Å². The van der Waals surface area contributed by atoms with Gasteiger partial charge in [-0.1, -0.05) is 6.08 Å². The lowest BCUT2D eigenvalue weighted by Gasteiger charge is -2.26. The minimum absolute atomic E-state index is 0.149. The van der Waals surface area contributed by atoms with Crippen LogP contribution in [-0.2, 0) is 9.53 Å². The normalized spacial score (nSPS) is 23.8. The Bertz CT molecular complexity index is 345. The number of likely N-dealkylation sites (tertiary alicyclic amines) is 1. The number of ether oxygens (including phenoxy) is 1. The van der Waals surface area contributed by atoms with Crippen LogP contribution in [0.3, 0.4) is 0 Å². The van der Waals surface area contributed by atoms with Gasteiger partial charge in [0, 0.05) is 6.54 Å². The van der Waals surface area contributed by atoms with Crippen LogP contribution in [0.5, 0.6) is 0 Å². The Morgan fingerprint density at radius 1 is 1.50 bits per heavy atom. The molecule has 1 unspecified atom stereocenters. The van der Waals surface area contributed by atoms with Gasteiger partial charge in [-0.2, -0.15) is 0 Å². The lowest BCUT2D eigenvalue weighted by molar-refractivity contribution is -0.142. The largest absolute Gasteiger partial charge is 0.480 e. The summed E-state index contributed by atoms with van der Waals surface area (Å²) >= 11 is 0. The molecule has 1 heterocycles. The molecular formula is C13H21NO4. The summed E-state index contributed by atoms with van der Waals surface area (Å²) in [7, 11) is 0. The Hall–Kier alpha value is -1.52. The second-order valence-corrected chi connectivity index (χ2v) is 5.61. The summed E-state index contributed by atoms with van der Waals surface area (Å²) < 4.78 is 5.23. The highest BCUT2D eigenvalue weighted by molar-refractivity contribution is 5.81. The van der Waals surface area contributed by atoms with Crippen molar-refractivity contribution in [3.05, 3.63) is 12.7 Å². The quantitative estimate of drug-likeness (QED) is 0.786. The van der Waals surface area contributed by atoms with Crippen molar-refractivity contribution in [3.8, 4) is 0 Å². The molecule has 1 N–H and O–H groups in total. The van der Waals surface area contributed by atoms with Crippen LogP contribution >= 0.6 is 0 Å². The summed E-state index contributed by atoms with van der Waals surface area (Å²) in [5, 5.41) is 9.14. The van der Waals surface area contributed by atoms with Gasteiger partial charge < -0.3 is 9.84 Å². The second kappa shape index (κ2) is 5.42. The van der Waals surface area contributed by atoms with Crippen molar-refractivity contribution >= 4 is 12.1 Å². The molecule has 5 nitrogen and oxygen atoms in total. The molecule has 0 radical (unpaired) electrons. The van der Waals surface area contributed by atoms with Gasteiger partial charge in [-0.3, -0.25) is 4.90 Å². The maximum absolute atomic E-state index is 11.9. The fourth-order valence-electron chi connectivity index (χ4n) is 2.09. The number of nitrogens with zero attached hydrogens (tertiary/aromatic N) is 1. The van der Waals surface area contributed by atoms with Crippen LogP contribution in [0.2, 0.25) is 0 Å². The first kappa shape index (κ1) is 14.5. The molecule has 18 heavy (non-hydrogen) atoms. The van der Waals surface area contributed by atoms with Crippen molar-refractivity contribution in [2.45, 2.75) is 45.3 Å². The fraction of sp³-hybridized carbons (Fsp3) is 0.692. The van der Waals surface area contributed by atoms with Crippen LogP contribution in [0, 0.1) is 5.92 Å². The minimum Gasteiger partial charge on any atom is -0.480 e. The zero-order chi connectivity index (χ0) is 13.9. The average molecular weight is 255 g/mol. The Morgan fingerprint density at radius 3 is 2.56 bits per heavy atom. The number of aliphatic carboxylic acids is 1. The molecule has 0 aromatic carbocycles. The first-order valence-corrected chi connectivity index (χ1v) is 6.08. The fourth-order valence-corrected chi connectivity index (χ4v) is 2.09. The molecule has 1 saturated heterocycles. The maximum Gasteiger partial charge on any atom is 0.411 e. The van der Waals surface area contributed by atoms with E-state index in [2.05, 4.69) is 6.58 Å². The van der Waals surface area contributed by atoms with Gasteiger partial charge in [0.1, 0.15) is 11.6 Å². The number of hydrogen-bond acceptors (Lipinski definition) is 3. The van der Waals surface area contributed by atoms with Crippen LogP contribution in [0.1, 0.15) is 33.6 Å². The minimum atomic E-state index is -0.979. The Kier molecular flexibility index (Phi) is 4.38. The number of hydrogen-bond donors (Lipinski definition) is 1. The van der Waals surface area contributed by atoms with Gasteiger partial charge in [0.25, 0.3) is 0 Å². The summed E-state index contributed by atoms with van der Waals surface area (Å²) in [6.45, 7) is 9.34. The summed E-state index contributed by atoms with van der Waals surface area (Å²) in [4.78, 5) is 24.4. The molecule has 102 valence electrons. The molecule has 0 saturated carbocycles. The smallest absolute Gasteiger partial charge is 0.411 e. The molecular weight excluding hydrogens is 234 g/mol. The van der Waals surface area contributed by atoms with Gasteiger partial charge in [0.15, 0.2) is 0 Å². The molecule has 0 aromatic rings. The summed E-state index contributed by atoms with van der Waals surface area (Å²) in [6, 6.07) is -0.787. The summed E-state index contributed by atoms with van der Waals surface area (Å²) in [5.41, 5.74) is -0.614. The second-order valence-electron chi connectivity index (χ2n) is 5.61. The monoisotopic (exact) mass is 255 g/mol. The van der Waals surface area contributed by atoms with E-state index in [1.165, 1.54) is 4.90 Å². The predicted octanol–water partition coefficient (Wildman–Crippen LogP) is 2.27. The van der Waals surface area contributed by atoms with Crippen molar-refractivity contribution in [2.75, 3.05) is 6.54 Å². The Balaban J connectivity index is 2.75. The molecule has 5 heteroatoms. The molecule has 1 fully saturated rings. The molecule has 0 spiro atoms. The van der Waals surface area contributed by atoms with Crippen molar-refractivity contribution in [2.24, 2.45) is 5.92 Å². The first-order valence-electron chi connectivity index (χ1n) is 6.08. The lowest BCUT2D eigenvalue weighted by Crippen LogP contribution is -2.43. The summed E-state index contributed by atoms with van der Waals surface area (Å²) in [6.07, 6.45) is 2.37. The van der Waals surface area contributed by atoms with Crippen molar-refractivity contribution in [1.82, 2.24) is 4.90 Å². The molecule has 0 aliphatic carbocycles. The predicted molar refractivity (Wildman–Crippen MR) is 67.3 cm³/mol. The number of amides is 1. The third kappa shape index (κ3) is 3.75. The Labute approximate surface area is 107 Å². The highest BCUT2D eigenvalue weighted by Gasteiger charge is 2.40. The van der Waals surface area contributed by atoms with Gasteiger partial charge >= 0.3 is 12.1 Å². The van der Waals surface area contributed by atoms with Crippen LogP contribution in [0.25, 0.3) is 0 Å². The van der Waals surface area contributed by atoms with Crippen LogP contribution in [0.15, 0.2) is 12.7 Å². The van der Waals surface area contributed by atoms with E-state index in [0.717, 1.165) is 0 Å². The number of carbonyl (C=O) groups is 2. The zero-order valence-electron chi connectivity index (χ0n) is 11.2. The van der Waals surface area contributed by atoms with Gasteiger partial charge in [0.2, 0.25) is 0 Å². The number of carbonyl (C=O) groups excluding carboxylic acids is 1. The Morgan fingerprint density at radius 2 is 2.11 bits per heavy atom. The van der Waals surface area contributed by atoms with Crippen LogP contribution in [-0.4, -0.2) is 40.3 Å². The van der Waals surface area contributed by atoms with E-state index in [4.69, 9.17) is 9.84 Å². The topological polar surface area (TPSA) is 66.8 Å². The van der Waals surface area contributed by atoms with Crippen molar-refractivity contribution < 1.29 is 19.4 Å². The van der Waals surface area contributed by atoms with E-state index in [0.29, 0.717) is 19.4 Å². The number of carboxylic acids is 1. The van der Waals surface area contributed by atoms with E-state index >= 15 is 0 Å². The van der Waals surface area contributed by atoms with Gasteiger partial charge in [-0.25, -0.2) is 9.59 Å². The third-order valence-corrected chi connectivity index (χ3v) is 2.80.